The standard InChI is InChI=1S/C10H11BrFN3O/c1-15(2)6-13-14-10(16)7-4-3-5-8(11)9(7)12/h3-6H,1-2H3,(H,14,16). The lowest BCUT2D eigenvalue weighted by Gasteiger charge is -2.04. The van der Waals surface area contributed by atoms with Crippen LogP contribution in [0.3, 0.4) is 0 Å². The quantitative estimate of drug-likeness (QED) is 0.524. The summed E-state index contributed by atoms with van der Waals surface area (Å²) >= 11 is 3.00. The first kappa shape index (κ1) is 12.6. The van der Waals surface area contributed by atoms with Crippen molar-refractivity contribution in [3.8, 4) is 0 Å². The zero-order chi connectivity index (χ0) is 12.1. The molecule has 0 fully saturated rings. The summed E-state index contributed by atoms with van der Waals surface area (Å²) in [5, 5.41) is 3.64. The van der Waals surface area contributed by atoms with E-state index in [-0.39, 0.29) is 10.0 Å². The summed E-state index contributed by atoms with van der Waals surface area (Å²) in [6.45, 7) is 0. The summed E-state index contributed by atoms with van der Waals surface area (Å²) < 4.78 is 13.7. The molecule has 0 aromatic heterocycles. The number of carbonyl (C=O) groups excluding carboxylic acids is 1. The largest absolute Gasteiger partial charge is 0.367 e. The number of halogens is 2. The second-order valence-electron chi connectivity index (χ2n) is 3.25. The Kier molecular flexibility index (Phi) is 4.42. The van der Waals surface area contributed by atoms with Gasteiger partial charge in [0.15, 0.2) is 0 Å². The second kappa shape index (κ2) is 5.60. The lowest BCUT2D eigenvalue weighted by molar-refractivity contribution is 0.0950. The molecule has 1 amide bonds. The molecule has 0 saturated carbocycles. The van der Waals surface area contributed by atoms with Crippen molar-refractivity contribution in [3.05, 3.63) is 34.1 Å². The Hall–Kier alpha value is -1.43. The van der Waals surface area contributed by atoms with E-state index in [1.807, 2.05) is 0 Å². The number of amides is 1. The Labute approximate surface area is 101 Å². The predicted molar refractivity (Wildman–Crippen MR) is 63.7 cm³/mol. The third kappa shape index (κ3) is 3.30. The summed E-state index contributed by atoms with van der Waals surface area (Å²) in [7, 11) is 3.52. The highest BCUT2D eigenvalue weighted by Gasteiger charge is 2.12. The number of hydrogen-bond donors (Lipinski definition) is 1. The number of hydrogen-bond acceptors (Lipinski definition) is 2. The molecule has 0 atom stereocenters. The van der Waals surface area contributed by atoms with Gasteiger partial charge in [0.2, 0.25) is 0 Å². The first-order valence-corrected chi connectivity index (χ1v) is 5.25. The zero-order valence-corrected chi connectivity index (χ0v) is 10.5. The van der Waals surface area contributed by atoms with Gasteiger partial charge in [-0.1, -0.05) is 6.07 Å². The molecule has 0 aliphatic heterocycles. The van der Waals surface area contributed by atoms with Crippen molar-refractivity contribution in [1.82, 2.24) is 10.3 Å². The van der Waals surface area contributed by atoms with Crippen LogP contribution in [0.2, 0.25) is 0 Å². The molecular weight excluding hydrogens is 277 g/mol. The first-order valence-electron chi connectivity index (χ1n) is 4.46. The Bertz CT molecular complexity index is 421. The van der Waals surface area contributed by atoms with E-state index in [9.17, 15) is 9.18 Å². The Morgan fingerprint density at radius 3 is 2.88 bits per heavy atom. The molecule has 6 heteroatoms. The fourth-order valence-corrected chi connectivity index (χ4v) is 1.31. The molecule has 0 bridgehead atoms. The van der Waals surface area contributed by atoms with Gasteiger partial charge in [-0.3, -0.25) is 4.79 Å². The average Bonchev–Trinajstić information content (AvgIpc) is 2.21. The van der Waals surface area contributed by atoms with Crippen LogP contribution in [0.5, 0.6) is 0 Å². The number of carbonyl (C=O) groups is 1. The van der Waals surface area contributed by atoms with Crippen LogP contribution in [0, 0.1) is 5.82 Å². The van der Waals surface area contributed by atoms with Crippen LogP contribution in [0.15, 0.2) is 27.8 Å². The summed E-state index contributed by atoms with van der Waals surface area (Å²) in [5.74, 6) is -1.18. The highest BCUT2D eigenvalue weighted by molar-refractivity contribution is 9.10. The third-order valence-electron chi connectivity index (χ3n) is 1.65. The van der Waals surface area contributed by atoms with E-state index >= 15 is 0 Å². The van der Waals surface area contributed by atoms with Crippen molar-refractivity contribution in [2.24, 2.45) is 5.10 Å². The molecule has 0 spiro atoms. The van der Waals surface area contributed by atoms with E-state index in [0.717, 1.165) is 0 Å². The van der Waals surface area contributed by atoms with E-state index in [1.165, 1.54) is 18.5 Å². The second-order valence-corrected chi connectivity index (χ2v) is 4.10. The average molecular weight is 288 g/mol. The van der Waals surface area contributed by atoms with Crippen molar-refractivity contribution >= 4 is 28.2 Å². The lowest BCUT2D eigenvalue weighted by atomic mass is 10.2. The van der Waals surface area contributed by atoms with Crippen LogP contribution in [0.4, 0.5) is 4.39 Å². The van der Waals surface area contributed by atoms with Gasteiger partial charge in [0.05, 0.1) is 10.0 Å². The van der Waals surface area contributed by atoms with Gasteiger partial charge < -0.3 is 4.90 Å². The molecule has 1 N–H and O–H groups in total. The van der Waals surface area contributed by atoms with Gasteiger partial charge in [0.25, 0.3) is 5.91 Å². The van der Waals surface area contributed by atoms with Gasteiger partial charge >= 0.3 is 0 Å². The van der Waals surface area contributed by atoms with Crippen molar-refractivity contribution < 1.29 is 9.18 Å². The van der Waals surface area contributed by atoms with Crippen molar-refractivity contribution in [2.75, 3.05) is 14.1 Å². The van der Waals surface area contributed by atoms with Crippen LogP contribution in [0.25, 0.3) is 0 Å². The maximum Gasteiger partial charge on any atom is 0.274 e. The normalized spacial score (nSPS) is 10.5. The third-order valence-corrected chi connectivity index (χ3v) is 2.26. The number of benzene rings is 1. The summed E-state index contributed by atoms with van der Waals surface area (Å²) in [5.41, 5.74) is 2.18. The topological polar surface area (TPSA) is 44.7 Å². The minimum absolute atomic E-state index is 0.0507. The molecule has 86 valence electrons. The molecule has 1 aromatic carbocycles. The maximum absolute atomic E-state index is 13.5. The Morgan fingerprint density at radius 1 is 1.56 bits per heavy atom. The van der Waals surface area contributed by atoms with Gasteiger partial charge in [-0.25, -0.2) is 9.82 Å². The Balaban J connectivity index is 2.78. The van der Waals surface area contributed by atoms with E-state index in [1.54, 1.807) is 25.1 Å². The van der Waals surface area contributed by atoms with Crippen LogP contribution < -0.4 is 5.43 Å². The van der Waals surface area contributed by atoms with Crippen molar-refractivity contribution in [1.29, 1.82) is 0 Å². The zero-order valence-electron chi connectivity index (χ0n) is 8.87. The lowest BCUT2D eigenvalue weighted by Crippen LogP contribution is -2.21. The molecule has 0 aliphatic rings. The van der Waals surface area contributed by atoms with Crippen LogP contribution in [0.1, 0.15) is 10.4 Å². The molecule has 1 aromatic rings. The SMILES string of the molecule is CN(C)C=NNC(=O)c1cccc(Br)c1F. The molecule has 0 unspecified atom stereocenters. The van der Waals surface area contributed by atoms with Crippen LogP contribution >= 0.6 is 15.9 Å². The Morgan fingerprint density at radius 2 is 2.25 bits per heavy atom. The molecule has 0 aliphatic carbocycles. The van der Waals surface area contributed by atoms with Gasteiger partial charge in [-0.2, -0.15) is 5.10 Å². The summed E-state index contributed by atoms with van der Waals surface area (Å²) in [4.78, 5) is 13.1. The van der Waals surface area contributed by atoms with Gasteiger partial charge in [0.1, 0.15) is 12.2 Å². The first-order chi connectivity index (χ1) is 7.52. The van der Waals surface area contributed by atoms with Crippen LogP contribution in [-0.2, 0) is 0 Å². The number of nitrogens with one attached hydrogen (secondary N) is 1. The number of hydrazone groups is 1. The molecule has 0 heterocycles. The molecule has 4 nitrogen and oxygen atoms in total. The molecule has 1 rings (SSSR count). The monoisotopic (exact) mass is 287 g/mol. The minimum atomic E-state index is -0.597. The number of rotatable bonds is 3. The van der Waals surface area contributed by atoms with Gasteiger partial charge in [-0.05, 0) is 28.1 Å². The highest BCUT2D eigenvalue weighted by Crippen LogP contribution is 2.18. The fourth-order valence-electron chi connectivity index (χ4n) is 0.942. The van der Waals surface area contributed by atoms with Crippen molar-refractivity contribution in [3.63, 3.8) is 0 Å². The van der Waals surface area contributed by atoms with Gasteiger partial charge in [-0.15, -0.1) is 0 Å². The maximum atomic E-state index is 13.5. The van der Waals surface area contributed by atoms with Crippen molar-refractivity contribution in [2.45, 2.75) is 0 Å². The molecule has 16 heavy (non-hydrogen) atoms. The number of nitrogens with zero attached hydrogens (tertiary/aromatic N) is 2. The van der Waals surface area contributed by atoms with Crippen LogP contribution in [-0.4, -0.2) is 31.2 Å². The molecule has 0 saturated heterocycles. The molecule has 0 radical (unpaired) electrons. The van der Waals surface area contributed by atoms with E-state index in [0.29, 0.717) is 0 Å². The summed E-state index contributed by atoms with van der Waals surface area (Å²) in [6.07, 6.45) is 1.41. The van der Waals surface area contributed by atoms with E-state index in [4.69, 9.17) is 0 Å². The molecular formula is C10H11BrFN3O. The predicted octanol–water partition coefficient (Wildman–Crippen LogP) is 1.82. The highest BCUT2D eigenvalue weighted by atomic mass is 79.9. The van der Waals surface area contributed by atoms with E-state index < -0.39 is 11.7 Å². The smallest absolute Gasteiger partial charge is 0.274 e. The van der Waals surface area contributed by atoms with E-state index in [2.05, 4.69) is 26.5 Å². The fraction of sp³-hybridized carbons (Fsp3) is 0.200. The van der Waals surface area contributed by atoms with Gasteiger partial charge in [0, 0.05) is 14.1 Å². The summed E-state index contributed by atoms with van der Waals surface area (Å²) in [6, 6.07) is 4.49. The minimum Gasteiger partial charge on any atom is -0.367 e.